The van der Waals surface area contributed by atoms with E-state index in [0.29, 0.717) is 17.9 Å². The Labute approximate surface area is 175 Å². The third-order valence-electron chi connectivity index (χ3n) is 5.52. The standard InChI is InChI=1S/C22H27FN4OS/c1-13-9-17(10-14(2)24-13)12-28-18-5-7-27(8-6-18)15(3)21-19(23)11-20-22(26-21)25-16(4)29-20/h9-11,15,18H,5-8,12H2,1-4H3. The van der Waals surface area contributed by atoms with Crippen molar-refractivity contribution in [2.45, 2.75) is 59.3 Å². The van der Waals surface area contributed by atoms with Crippen LogP contribution in [0.15, 0.2) is 18.2 Å². The third-order valence-corrected chi connectivity index (χ3v) is 6.42. The summed E-state index contributed by atoms with van der Waals surface area (Å²) in [5, 5.41) is 0.911. The summed E-state index contributed by atoms with van der Waals surface area (Å²) in [7, 11) is 0. The van der Waals surface area contributed by atoms with Crippen LogP contribution in [0.4, 0.5) is 4.39 Å². The van der Waals surface area contributed by atoms with Crippen LogP contribution in [0, 0.1) is 26.6 Å². The molecule has 0 bridgehead atoms. The first kappa shape index (κ1) is 20.3. The molecule has 29 heavy (non-hydrogen) atoms. The molecule has 3 aromatic heterocycles. The fourth-order valence-electron chi connectivity index (χ4n) is 4.08. The van der Waals surface area contributed by atoms with Gasteiger partial charge in [0.1, 0.15) is 5.82 Å². The number of hydrogen-bond donors (Lipinski definition) is 0. The summed E-state index contributed by atoms with van der Waals surface area (Å²) in [4.78, 5) is 15.6. The summed E-state index contributed by atoms with van der Waals surface area (Å²) in [6.07, 6.45) is 2.11. The van der Waals surface area contributed by atoms with Gasteiger partial charge in [0.25, 0.3) is 0 Å². The molecular weight excluding hydrogens is 387 g/mol. The predicted octanol–water partition coefficient (Wildman–Crippen LogP) is 4.89. The lowest BCUT2D eigenvalue weighted by Crippen LogP contribution is -2.39. The average molecular weight is 415 g/mol. The molecule has 1 saturated heterocycles. The van der Waals surface area contributed by atoms with E-state index in [4.69, 9.17) is 4.74 Å². The van der Waals surface area contributed by atoms with Crippen molar-refractivity contribution in [3.05, 3.63) is 51.7 Å². The zero-order valence-electron chi connectivity index (χ0n) is 17.4. The number of fused-ring (bicyclic) bond motifs is 1. The van der Waals surface area contributed by atoms with E-state index < -0.39 is 0 Å². The van der Waals surface area contributed by atoms with Crippen LogP contribution in [0.3, 0.4) is 0 Å². The molecule has 0 N–H and O–H groups in total. The number of halogens is 1. The first-order valence-corrected chi connectivity index (χ1v) is 10.9. The van der Waals surface area contributed by atoms with Crippen molar-refractivity contribution in [2.75, 3.05) is 13.1 Å². The molecule has 1 aliphatic rings. The summed E-state index contributed by atoms with van der Waals surface area (Å²) in [5.41, 5.74) is 4.36. The van der Waals surface area contributed by atoms with Crippen LogP contribution >= 0.6 is 11.3 Å². The number of thiazole rings is 1. The molecule has 1 fully saturated rings. The Kier molecular flexibility index (Phi) is 5.90. The molecule has 0 amide bonds. The number of pyridine rings is 2. The monoisotopic (exact) mass is 414 g/mol. The van der Waals surface area contributed by atoms with Gasteiger partial charge in [-0.2, -0.15) is 0 Å². The van der Waals surface area contributed by atoms with E-state index in [1.54, 1.807) is 6.07 Å². The second-order valence-corrected chi connectivity index (χ2v) is 9.13. The zero-order valence-corrected chi connectivity index (χ0v) is 18.2. The van der Waals surface area contributed by atoms with Crippen molar-refractivity contribution < 1.29 is 9.13 Å². The maximum absolute atomic E-state index is 14.6. The lowest BCUT2D eigenvalue weighted by Gasteiger charge is -2.35. The maximum Gasteiger partial charge on any atom is 0.171 e. The van der Waals surface area contributed by atoms with Gasteiger partial charge in [0.2, 0.25) is 0 Å². The van der Waals surface area contributed by atoms with E-state index in [9.17, 15) is 4.39 Å². The molecule has 4 rings (SSSR count). The molecule has 0 saturated carbocycles. The molecule has 1 aliphatic heterocycles. The highest BCUT2D eigenvalue weighted by Crippen LogP contribution is 2.29. The fourth-order valence-corrected chi connectivity index (χ4v) is 4.87. The lowest BCUT2D eigenvalue weighted by molar-refractivity contribution is -0.0104. The van der Waals surface area contributed by atoms with Gasteiger partial charge in [-0.15, -0.1) is 11.3 Å². The number of piperidine rings is 1. The van der Waals surface area contributed by atoms with E-state index in [0.717, 1.165) is 47.0 Å². The Hall–Kier alpha value is -1.96. The molecule has 0 radical (unpaired) electrons. The fraction of sp³-hybridized carbons (Fsp3) is 0.500. The Bertz CT molecular complexity index is 993. The largest absolute Gasteiger partial charge is 0.373 e. The van der Waals surface area contributed by atoms with Crippen molar-refractivity contribution in [1.29, 1.82) is 0 Å². The first-order valence-electron chi connectivity index (χ1n) is 10.1. The molecule has 154 valence electrons. The summed E-state index contributed by atoms with van der Waals surface area (Å²) < 4.78 is 21.6. The van der Waals surface area contributed by atoms with Crippen LogP contribution < -0.4 is 0 Å². The van der Waals surface area contributed by atoms with E-state index >= 15 is 0 Å². The number of aromatic nitrogens is 3. The van der Waals surface area contributed by atoms with Crippen LogP contribution in [-0.4, -0.2) is 39.0 Å². The second kappa shape index (κ2) is 8.42. The highest BCUT2D eigenvalue weighted by Gasteiger charge is 2.27. The van der Waals surface area contributed by atoms with E-state index in [2.05, 4.69) is 32.0 Å². The molecule has 0 aromatic carbocycles. The van der Waals surface area contributed by atoms with Gasteiger partial charge in [0.15, 0.2) is 5.65 Å². The van der Waals surface area contributed by atoms with Crippen LogP contribution in [0.2, 0.25) is 0 Å². The van der Waals surface area contributed by atoms with Crippen LogP contribution in [-0.2, 0) is 11.3 Å². The lowest BCUT2D eigenvalue weighted by atomic mass is 10.0. The Morgan fingerprint density at radius 1 is 1.10 bits per heavy atom. The highest BCUT2D eigenvalue weighted by atomic mass is 32.1. The summed E-state index contributed by atoms with van der Waals surface area (Å²) in [6, 6.07) is 5.66. The summed E-state index contributed by atoms with van der Waals surface area (Å²) in [6.45, 7) is 10.3. The third kappa shape index (κ3) is 4.63. The summed E-state index contributed by atoms with van der Waals surface area (Å²) >= 11 is 1.48. The smallest absolute Gasteiger partial charge is 0.171 e. The molecule has 5 nitrogen and oxygen atoms in total. The van der Waals surface area contributed by atoms with E-state index in [1.807, 2.05) is 27.7 Å². The van der Waals surface area contributed by atoms with Crippen molar-refractivity contribution >= 4 is 21.7 Å². The highest BCUT2D eigenvalue weighted by molar-refractivity contribution is 7.18. The quantitative estimate of drug-likeness (QED) is 0.595. The average Bonchev–Trinajstić information content (AvgIpc) is 3.03. The first-order chi connectivity index (χ1) is 13.9. The van der Waals surface area contributed by atoms with Gasteiger partial charge in [0.05, 0.1) is 34.2 Å². The Morgan fingerprint density at radius 3 is 2.48 bits per heavy atom. The minimum atomic E-state index is -0.240. The van der Waals surface area contributed by atoms with Crippen LogP contribution in [0.1, 0.15) is 53.5 Å². The normalized spacial score (nSPS) is 17.1. The molecule has 1 unspecified atom stereocenters. The van der Waals surface area contributed by atoms with Gasteiger partial charge >= 0.3 is 0 Å². The SMILES string of the molecule is Cc1cc(COC2CCN(C(C)c3nc4nc(C)sc4cc3F)CC2)cc(C)n1. The van der Waals surface area contributed by atoms with Crippen LogP contribution in [0.25, 0.3) is 10.3 Å². The predicted molar refractivity (Wildman–Crippen MR) is 114 cm³/mol. The minimum Gasteiger partial charge on any atom is -0.373 e. The molecule has 3 aromatic rings. The van der Waals surface area contributed by atoms with Crippen molar-refractivity contribution in [3.63, 3.8) is 0 Å². The topological polar surface area (TPSA) is 51.1 Å². The van der Waals surface area contributed by atoms with Gasteiger partial charge in [-0.3, -0.25) is 9.88 Å². The van der Waals surface area contributed by atoms with E-state index in [1.165, 1.54) is 16.9 Å². The molecule has 0 aliphatic carbocycles. The van der Waals surface area contributed by atoms with Crippen molar-refractivity contribution in [1.82, 2.24) is 19.9 Å². The Morgan fingerprint density at radius 2 is 1.79 bits per heavy atom. The van der Waals surface area contributed by atoms with E-state index in [-0.39, 0.29) is 18.0 Å². The second-order valence-electron chi connectivity index (χ2n) is 7.89. The van der Waals surface area contributed by atoms with Crippen LogP contribution in [0.5, 0.6) is 0 Å². The number of hydrogen-bond acceptors (Lipinski definition) is 6. The maximum atomic E-state index is 14.6. The van der Waals surface area contributed by atoms with Gasteiger partial charge < -0.3 is 4.74 Å². The van der Waals surface area contributed by atoms with Gasteiger partial charge in [0, 0.05) is 24.5 Å². The number of rotatable bonds is 5. The van der Waals surface area contributed by atoms with Gasteiger partial charge in [-0.05, 0) is 64.3 Å². The number of nitrogens with zero attached hydrogens (tertiary/aromatic N) is 4. The molecular formula is C22H27FN4OS. The summed E-state index contributed by atoms with van der Waals surface area (Å²) in [5.74, 6) is -0.240. The molecule has 4 heterocycles. The van der Waals surface area contributed by atoms with Gasteiger partial charge in [-0.1, -0.05) is 0 Å². The zero-order chi connectivity index (χ0) is 20.5. The molecule has 7 heteroatoms. The molecule has 0 spiro atoms. The van der Waals surface area contributed by atoms with Crippen molar-refractivity contribution in [3.8, 4) is 0 Å². The Balaban J connectivity index is 1.36. The number of likely N-dealkylation sites (tertiary alicyclic amines) is 1. The van der Waals surface area contributed by atoms with Crippen molar-refractivity contribution in [2.24, 2.45) is 0 Å². The number of aryl methyl sites for hydroxylation is 3. The molecule has 1 atom stereocenters. The number of ether oxygens (including phenoxy) is 1. The van der Waals surface area contributed by atoms with Gasteiger partial charge in [-0.25, -0.2) is 14.4 Å². The minimum absolute atomic E-state index is 0.0761.